The first kappa shape index (κ1) is 19.2. The number of anilines is 1. The van der Waals surface area contributed by atoms with E-state index in [2.05, 4.69) is 10.6 Å². The van der Waals surface area contributed by atoms with Crippen LogP contribution in [0.1, 0.15) is 43.9 Å². The fourth-order valence-corrected chi connectivity index (χ4v) is 2.64. The van der Waals surface area contributed by atoms with Crippen LogP contribution < -0.4 is 20.1 Å². The number of ether oxygens (including phenoxy) is 2. The average molecular weight is 384 g/mol. The van der Waals surface area contributed by atoms with Crippen LogP contribution >= 0.6 is 0 Å². The topological polar surface area (TPSA) is 114 Å². The molecule has 0 aliphatic heterocycles. The number of rotatable bonds is 7. The SMILES string of the molecule is COc1cc(C(=O)O)cc(NC(=O)c2ccc(C(=O)NC3CC3)cc2)c1OC. The molecule has 3 rings (SSSR count). The summed E-state index contributed by atoms with van der Waals surface area (Å²) in [5, 5.41) is 14.8. The van der Waals surface area contributed by atoms with E-state index in [1.807, 2.05) is 0 Å². The normalized spacial score (nSPS) is 12.8. The number of hydrogen-bond acceptors (Lipinski definition) is 5. The standard InChI is InChI=1S/C20H20N2O6/c1-27-16-10-13(20(25)26)9-15(17(16)28-2)22-19(24)12-5-3-11(4-6-12)18(23)21-14-7-8-14/h3-6,9-10,14H,7-8H2,1-2H3,(H,21,23)(H,22,24)(H,25,26). The maximum Gasteiger partial charge on any atom is 0.335 e. The van der Waals surface area contributed by atoms with E-state index in [0.29, 0.717) is 11.1 Å². The first-order valence-corrected chi connectivity index (χ1v) is 8.64. The molecule has 0 atom stereocenters. The Hall–Kier alpha value is -3.55. The Balaban J connectivity index is 1.80. The summed E-state index contributed by atoms with van der Waals surface area (Å²) in [6.07, 6.45) is 1.99. The van der Waals surface area contributed by atoms with Gasteiger partial charge < -0.3 is 25.2 Å². The molecule has 8 nitrogen and oxygen atoms in total. The summed E-state index contributed by atoms with van der Waals surface area (Å²) in [4.78, 5) is 35.9. The number of carbonyl (C=O) groups excluding carboxylic acids is 2. The van der Waals surface area contributed by atoms with E-state index in [1.165, 1.54) is 38.5 Å². The van der Waals surface area contributed by atoms with Gasteiger partial charge in [-0.1, -0.05) is 0 Å². The van der Waals surface area contributed by atoms with Gasteiger partial charge in [0, 0.05) is 17.2 Å². The van der Waals surface area contributed by atoms with Gasteiger partial charge in [-0.2, -0.15) is 0 Å². The van der Waals surface area contributed by atoms with E-state index in [1.54, 1.807) is 12.1 Å². The van der Waals surface area contributed by atoms with Crippen molar-refractivity contribution in [1.82, 2.24) is 5.32 Å². The van der Waals surface area contributed by atoms with Gasteiger partial charge >= 0.3 is 5.97 Å². The summed E-state index contributed by atoms with van der Waals surface area (Å²) in [7, 11) is 2.77. The lowest BCUT2D eigenvalue weighted by molar-refractivity contribution is 0.0695. The molecule has 1 aliphatic carbocycles. The molecule has 2 aromatic carbocycles. The molecule has 0 spiro atoms. The van der Waals surface area contributed by atoms with Crippen LogP contribution in [0.25, 0.3) is 0 Å². The molecule has 1 aliphatic rings. The largest absolute Gasteiger partial charge is 0.493 e. The molecule has 0 bridgehead atoms. The van der Waals surface area contributed by atoms with Crippen LogP contribution in [0.5, 0.6) is 11.5 Å². The number of carbonyl (C=O) groups is 3. The van der Waals surface area contributed by atoms with Crippen molar-refractivity contribution in [3.05, 3.63) is 53.1 Å². The van der Waals surface area contributed by atoms with Gasteiger partial charge in [0.25, 0.3) is 11.8 Å². The maximum absolute atomic E-state index is 12.6. The van der Waals surface area contributed by atoms with E-state index in [-0.39, 0.29) is 34.7 Å². The molecule has 2 amide bonds. The molecule has 28 heavy (non-hydrogen) atoms. The van der Waals surface area contributed by atoms with Gasteiger partial charge in [-0.3, -0.25) is 9.59 Å². The number of nitrogens with one attached hydrogen (secondary N) is 2. The van der Waals surface area contributed by atoms with Crippen molar-refractivity contribution in [2.75, 3.05) is 19.5 Å². The van der Waals surface area contributed by atoms with Crippen LogP contribution in [0.4, 0.5) is 5.69 Å². The van der Waals surface area contributed by atoms with Crippen LogP contribution in [0.2, 0.25) is 0 Å². The molecule has 0 saturated heterocycles. The van der Waals surface area contributed by atoms with Gasteiger partial charge in [0.2, 0.25) is 0 Å². The molecule has 0 aromatic heterocycles. The minimum atomic E-state index is -1.16. The number of hydrogen-bond donors (Lipinski definition) is 3. The van der Waals surface area contributed by atoms with Crippen LogP contribution in [0.3, 0.4) is 0 Å². The lowest BCUT2D eigenvalue weighted by atomic mass is 10.1. The van der Waals surface area contributed by atoms with Crippen LogP contribution in [0.15, 0.2) is 36.4 Å². The fraction of sp³-hybridized carbons (Fsp3) is 0.250. The third kappa shape index (κ3) is 4.22. The van der Waals surface area contributed by atoms with E-state index in [9.17, 15) is 19.5 Å². The molecular weight excluding hydrogens is 364 g/mol. The van der Waals surface area contributed by atoms with Gasteiger partial charge in [0.15, 0.2) is 11.5 Å². The van der Waals surface area contributed by atoms with Crippen molar-refractivity contribution in [1.29, 1.82) is 0 Å². The minimum Gasteiger partial charge on any atom is -0.493 e. The summed E-state index contributed by atoms with van der Waals surface area (Å²) in [5.74, 6) is -1.42. The van der Waals surface area contributed by atoms with E-state index in [0.717, 1.165) is 12.8 Å². The van der Waals surface area contributed by atoms with Gasteiger partial charge in [0.1, 0.15) is 0 Å². The smallest absolute Gasteiger partial charge is 0.335 e. The number of methoxy groups -OCH3 is 2. The Morgan fingerprint density at radius 2 is 1.54 bits per heavy atom. The van der Waals surface area contributed by atoms with E-state index >= 15 is 0 Å². The van der Waals surface area contributed by atoms with E-state index in [4.69, 9.17) is 9.47 Å². The molecule has 3 N–H and O–H groups in total. The molecule has 0 radical (unpaired) electrons. The quantitative estimate of drug-likeness (QED) is 0.676. The molecule has 8 heteroatoms. The molecule has 0 heterocycles. The highest BCUT2D eigenvalue weighted by Gasteiger charge is 2.24. The Morgan fingerprint density at radius 3 is 2.04 bits per heavy atom. The Morgan fingerprint density at radius 1 is 0.929 bits per heavy atom. The monoisotopic (exact) mass is 384 g/mol. The maximum atomic E-state index is 12.6. The summed E-state index contributed by atoms with van der Waals surface area (Å²) < 4.78 is 10.4. The van der Waals surface area contributed by atoms with Crippen LogP contribution in [-0.2, 0) is 0 Å². The zero-order valence-corrected chi connectivity index (χ0v) is 15.4. The Bertz CT molecular complexity index is 919. The van der Waals surface area contributed by atoms with Crippen LogP contribution in [-0.4, -0.2) is 43.2 Å². The van der Waals surface area contributed by atoms with Crippen molar-refractivity contribution in [2.45, 2.75) is 18.9 Å². The zero-order valence-electron chi connectivity index (χ0n) is 15.4. The predicted octanol–water partition coefficient (Wildman–Crippen LogP) is 2.55. The first-order chi connectivity index (χ1) is 13.4. The fourth-order valence-electron chi connectivity index (χ4n) is 2.64. The molecule has 2 aromatic rings. The molecule has 1 saturated carbocycles. The zero-order chi connectivity index (χ0) is 20.3. The van der Waals surface area contributed by atoms with Crippen molar-refractivity contribution in [3.8, 4) is 11.5 Å². The van der Waals surface area contributed by atoms with Crippen molar-refractivity contribution < 1.29 is 29.0 Å². The van der Waals surface area contributed by atoms with Crippen molar-refractivity contribution >= 4 is 23.5 Å². The lowest BCUT2D eigenvalue weighted by Gasteiger charge is -2.15. The summed E-state index contributed by atoms with van der Waals surface area (Å²) in [6.45, 7) is 0. The first-order valence-electron chi connectivity index (χ1n) is 8.64. The average Bonchev–Trinajstić information content (AvgIpc) is 3.51. The summed E-state index contributed by atoms with van der Waals surface area (Å²) >= 11 is 0. The van der Waals surface area contributed by atoms with Crippen molar-refractivity contribution in [2.24, 2.45) is 0 Å². The third-order valence-corrected chi connectivity index (χ3v) is 4.30. The minimum absolute atomic E-state index is 0.0555. The number of benzene rings is 2. The highest BCUT2D eigenvalue weighted by molar-refractivity contribution is 6.06. The highest BCUT2D eigenvalue weighted by atomic mass is 16.5. The second kappa shape index (κ2) is 7.99. The number of aromatic carboxylic acids is 1. The second-order valence-electron chi connectivity index (χ2n) is 6.34. The van der Waals surface area contributed by atoms with Gasteiger partial charge in [0.05, 0.1) is 25.5 Å². The summed E-state index contributed by atoms with van der Waals surface area (Å²) in [5.41, 5.74) is 0.889. The van der Waals surface area contributed by atoms with Gasteiger partial charge in [-0.25, -0.2) is 4.79 Å². The lowest BCUT2D eigenvalue weighted by Crippen LogP contribution is -2.25. The molecule has 1 fully saturated rings. The predicted molar refractivity (Wildman–Crippen MR) is 101 cm³/mol. The number of carboxylic acid groups (broad SMARTS) is 1. The van der Waals surface area contributed by atoms with Gasteiger partial charge in [-0.15, -0.1) is 0 Å². The third-order valence-electron chi connectivity index (χ3n) is 4.30. The Labute approximate surface area is 161 Å². The van der Waals surface area contributed by atoms with E-state index < -0.39 is 11.9 Å². The summed E-state index contributed by atoms with van der Waals surface area (Å²) in [6, 6.07) is 9.04. The molecular formula is C20H20N2O6. The molecule has 0 unspecified atom stereocenters. The number of carboxylic acids is 1. The van der Waals surface area contributed by atoms with Crippen molar-refractivity contribution in [3.63, 3.8) is 0 Å². The van der Waals surface area contributed by atoms with Crippen LogP contribution in [0, 0.1) is 0 Å². The molecule has 146 valence electrons. The number of amides is 2. The second-order valence-corrected chi connectivity index (χ2v) is 6.34. The van der Waals surface area contributed by atoms with Gasteiger partial charge in [-0.05, 0) is 49.2 Å². The highest BCUT2D eigenvalue weighted by Crippen LogP contribution is 2.37. The Kier molecular flexibility index (Phi) is 5.49.